The summed E-state index contributed by atoms with van der Waals surface area (Å²) in [5.41, 5.74) is 2.66. The molecular weight excluding hydrogens is 246 g/mol. The van der Waals surface area contributed by atoms with Gasteiger partial charge in [-0.2, -0.15) is 0 Å². The zero-order valence-corrected chi connectivity index (χ0v) is 11.6. The highest BCUT2D eigenvalue weighted by Crippen LogP contribution is 2.22. The minimum atomic E-state index is -0.718. The van der Waals surface area contributed by atoms with Crippen molar-refractivity contribution in [1.82, 2.24) is 5.32 Å². The third-order valence-electron chi connectivity index (χ3n) is 2.95. The Balaban J connectivity index is 3.02. The largest absolute Gasteiger partial charge is 0.508 e. The normalized spacial score (nSPS) is 11.8. The van der Waals surface area contributed by atoms with Gasteiger partial charge < -0.3 is 15.2 Å². The van der Waals surface area contributed by atoms with Gasteiger partial charge in [-0.15, -0.1) is 0 Å². The van der Waals surface area contributed by atoms with Crippen LogP contribution in [0, 0.1) is 13.8 Å². The van der Waals surface area contributed by atoms with Gasteiger partial charge in [-0.3, -0.25) is 4.79 Å². The number of benzene rings is 1. The number of hydrogen-bond acceptors (Lipinski definition) is 4. The number of phenolic OH excluding ortho intramolecular Hbond substituents is 1. The molecule has 0 radical (unpaired) electrons. The molecule has 0 spiro atoms. The molecule has 0 aliphatic heterocycles. The van der Waals surface area contributed by atoms with E-state index >= 15 is 0 Å². The van der Waals surface area contributed by atoms with Crippen LogP contribution in [-0.4, -0.2) is 30.1 Å². The van der Waals surface area contributed by atoms with Crippen molar-refractivity contribution < 1.29 is 19.4 Å². The highest BCUT2D eigenvalue weighted by molar-refractivity contribution is 5.83. The minimum absolute atomic E-state index is 0.188. The van der Waals surface area contributed by atoms with Gasteiger partial charge in [-0.05, 0) is 42.7 Å². The van der Waals surface area contributed by atoms with Crippen molar-refractivity contribution in [3.05, 3.63) is 28.8 Å². The Morgan fingerprint density at radius 3 is 2.26 bits per heavy atom. The van der Waals surface area contributed by atoms with Crippen LogP contribution in [0.25, 0.3) is 0 Å². The quantitative estimate of drug-likeness (QED) is 0.803. The maximum absolute atomic E-state index is 11.7. The average Bonchev–Trinajstić information content (AvgIpc) is 2.30. The van der Waals surface area contributed by atoms with E-state index in [1.54, 1.807) is 12.1 Å². The van der Waals surface area contributed by atoms with Gasteiger partial charge in [0.1, 0.15) is 11.8 Å². The summed E-state index contributed by atoms with van der Waals surface area (Å²) in [5.74, 6) is -0.584. The molecule has 0 fully saturated rings. The van der Waals surface area contributed by atoms with E-state index in [-0.39, 0.29) is 11.7 Å². The SMILES string of the molecule is COC(=O)C(Cc1c(C)cc(O)cc1C)NC(C)=O. The molecule has 0 aliphatic carbocycles. The van der Waals surface area contributed by atoms with Crippen molar-refractivity contribution in [3.63, 3.8) is 0 Å². The number of aryl methyl sites for hydroxylation is 2. The molecule has 0 heterocycles. The van der Waals surface area contributed by atoms with Gasteiger partial charge in [-0.25, -0.2) is 4.79 Å². The first kappa shape index (κ1) is 15.0. The minimum Gasteiger partial charge on any atom is -0.508 e. The molecule has 0 aromatic heterocycles. The molecule has 1 aromatic carbocycles. The number of esters is 1. The predicted octanol–water partition coefficient (Wildman–Crippen LogP) is 1.23. The summed E-state index contributed by atoms with van der Waals surface area (Å²) in [4.78, 5) is 22.8. The molecule has 104 valence electrons. The van der Waals surface area contributed by atoms with Gasteiger partial charge >= 0.3 is 5.97 Å². The van der Waals surface area contributed by atoms with Crippen molar-refractivity contribution in [2.75, 3.05) is 7.11 Å². The van der Waals surface area contributed by atoms with E-state index in [1.807, 2.05) is 13.8 Å². The zero-order valence-electron chi connectivity index (χ0n) is 11.6. The lowest BCUT2D eigenvalue weighted by molar-refractivity contribution is -0.144. The van der Waals surface area contributed by atoms with Gasteiger partial charge in [0, 0.05) is 13.3 Å². The number of carbonyl (C=O) groups is 2. The van der Waals surface area contributed by atoms with Crippen molar-refractivity contribution in [3.8, 4) is 5.75 Å². The molecule has 0 bridgehead atoms. The smallest absolute Gasteiger partial charge is 0.328 e. The molecule has 1 unspecified atom stereocenters. The maximum Gasteiger partial charge on any atom is 0.328 e. The molecule has 19 heavy (non-hydrogen) atoms. The fourth-order valence-corrected chi connectivity index (χ4v) is 2.08. The van der Waals surface area contributed by atoms with Crippen LogP contribution in [0.5, 0.6) is 5.75 Å². The van der Waals surface area contributed by atoms with E-state index in [9.17, 15) is 14.7 Å². The van der Waals surface area contributed by atoms with Crippen LogP contribution >= 0.6 is 0 Å². The number of nitrogens with one attached hydrogen (secondary N) is 1. The lowest BCUT2D eigenvalue weighted by Gasteiger charge is -2.18. The molecule has 2 N–H and O–H groups in total. The molecule has 0 saturated heterocycles. The monoisotopic (exact) mass is 265 g/mol. The van der Waals surface area contributed by atoms with Crippen LogP contribution in [0.4, 0.5) is 0 Å². The van der Waals surface area contributed by atoms with Gasteiger partial charge in [0.2, 0.25) is 5.91 Å². The van der Waals surface area contributed by atoms with Gasteiger partial charge in [-0.1, -0.05) is 0 Å². The second-order valence-corrected chi connectivity index (χ2v) is 4.54. The number of methoxy groups -OCH3 is 1. The van der Waals surface area contributed by atoms with E-state index in [1.165, 1.54) is 14.0 Å². The Labute approximate surface area is 112 Å². The number of hydrogen-bond donors (Lipinski definition) is 2. The second kappa shape index (κ2) is 6.22. The van der Waals surface area contributed by atoms with Gasteiger partial charge in [0.05, 0.1) is 7.11 Å². The third-order valence-corrected chi connectivity index (χ3v) is 2.95. The van der Waals surface area contributed by atoms with Crippen LogP contribution < -0.4 is 5.32 Å². The summed E-state index contributed by atoms with van der Waals surface area (Å²) in [5, 5.41) is 12.1. The molecule has 0 aliphatic rings. The Hall–Kier alpha value is -2.04. The summed E-state index contributed by atoms with van der Waals surface area (Å²) in [6.07, 6.45) is 0.337. The van der Waals surface area contributed by atoms with Gasteiger partial charge in [0.25, 0.3) is 0 Å². The number of rotatable bonds is 4. The number of aromatic hydroxyl groups is 1. The Morgan fingerprint density at radius 2 is 1.84 bits per heavy atom. The standard InChI is InChI=1S/C14H19NO4/c1-8-5-11(17)6-9(2)12(8)7-13(14(18)19-4)15-10(3)16/h5-6,13,17H,7H2,1-4H3,(H,15,16). The van der Waals surface area contributed by atoms with E-state index in [4.69, 9.17) is 0 Å². The Morgan fingerprint density at radius 1 is 1.32 bits per heavy atom. The van der Waals surface area contributed by atoms with E-state index in [0.29, 0.717) is 6.42 Å². The summed E-state index contributed by atoms with van der Waals surface area (Å²) in [7, 11) is 1.29. The molecular formula is C14H19NO4. The summed E-state index contributed by atoms with van der Waals surface area (Å²) in [6.45, 7) is 5.06. The summed E-state index contributed by atoms with van der Waals surface area (Å²) in [6, 6.07) is 2.54. The van der Waals surface area contributed by atoms with Crippen molar-refractivity contribution in [1.29, 1.82) is 0 Å². The average molecular weight is 265 g/mol. The van der Waals surface area contributed by atoms with Crippen molar-refractivity contribution in [2.24, 2.45) is 0 Å². The molecule has 5 nitrogen and oxygen atoms in total. The van der Waals surface area contributed by atoms with E-state index < -0.39 is 12.0 Å². The molecule has 1 amide bonds. The Bertz CT molecular complexity index is 473. The van der Waals surface area contributed by atoms with E-state index in [2.05, 4.69) is 10.1 Å². The van der Waals surface area contributed by atoms with Crippen LogP contribution in [0.3, 0.4) is 0 Å². The summed E-state index contributed by atoms with van der Waals surface area (Å²) >= 11 is 0. The number of phenols is 1. The maximum atomic E-state index is 11.7. The van der Waals surface area contributed by atoms with Crippen LogP contribution in [0.15, 0.2) is 12.1 Å². The number of ether oxygens (including phenoxy) is 1. The zero-order chi connectivity index (χ0) is 14.6. The number of carbonyl (C=O) groups excluding carboxylic acids is 2. The molecule has 5 heteroatoms. The highest BCUT2D eigenvalue weighted by atomic mass is 16.5. The second-order valence-electron chi connectivity index (χ2n) is 4.54. The predicted molar refractivity (Wildman–Crippen MR) is 70.9 cm³/mol. The van der Waals surface area contributed by atoms with Crippen LogP contribution in [-0.2, 0) is 20.7 Å². The lowest BCUT2D eigenvalue weighted by Crippen LogP contribution is -2.42. The molecule has 1 aromatic rings. The van der Waals surface area contributed by atoms with Crippen molar-refractivity contribution in [2.45, 2.75) is 33.2 Å². The third kappa shape index (κ3) is 3.98. The van der Waals surface area contributed by atoms with Gasteiger partial charge in [0.15, 0.2) is 0 Å². The first-order valence-corrected chi connectivity index (χ1v) is 5.99. The lowest BCUT2D eigenvalue weighted by atomic mass is 9.96. The topological polar surface area (TPSA) is 75.6 Å². The highest BCUT2D eigenvalue weighted by Gasteiger charge is 2.22. The number of amides is 1. The summed E-state index contributed by atoms with van der Waals surface area (Å²) < 4.78 is 4.69. The molecule has 1 atom stereocenters. The first-order chi connectivity index (χ1) is 8.85. The van der Waals surface area contributed by atoms with Crippen LogP contribution in [0.2, 0.25) is 0 Å². The Kier molecular flexibility index (Phi) is 4.92. The fraction of sp³-hybridized carbons (Fsp3) is 0.429. The van der Waals surface area contributed by atoms with Crippen molar-refractivity contribution >= 4 is 11.9 Å². The van der Waals surface area contributed by atoms with Crippen LogP contribution in [0.1, 0.15) is 23.6 Å². The van der Waals surface area contributed by atoms with E-state index in [0.717, 1.165) is 16.7 Å². The molecule has 0 saturated carbocycles. The molecule has 1 rings (SSSR count). The fourth-order valence-electron chi connectivity index (χ4n) is 2.08. The first-order valence-electron chi connectivity index (χ1n) is 5.99.